The summed E-state index contributed by atoms with van der Waals surface area (Å²) in [6.07, 6.45) is 10.5. The Balaban J connectivity index is 0.000000704. The van der Waals surface area contributed by atoms with Crippen molar-refractivity contribution < 1.29 is 76.6 Å². The van der Waals surface area contributed by atoms with Crippen LogP contribution < -0.4 is 16.0 Å². The van der Waals surface area contributed by atoms with Crippen molar-refractivity contribution in [1.82, 2.24) is 20.5 Å². The molecule has 0 aliphatic rings. The fourth-order valence-corrected chi connectivity index (χ4v) is 15.8. The van der Waals surface area contributed by atoms with Gasteiger partial charge >= 0.3 is 5.97 Å². The van der Waals surface area contributed by atoms with Gasteiger partial charge in [-0.1, -0.05) is 122 Å². The van der Waals surface area contributed by atoms with Crippen molar-refractivity contribution in [2.45, 2.75) is 127 Å². The second-order valence-corrected chi connectivity index (χ2v) is 36.1. The molecule has 0 saturated carbocycles. The van der Waals surface area contributed by atoms with E-state index in [9.17, 15) is 44.4 Å². The van der Waals surface area contributed by atoms with Crippen LogP contribution in [0.25, 0.3) is 4.85 Å². The summed E-state index contributed by atoms with van der Waals surface area (Å²) >= 11 is 15.0. The number of aliphatic carboxylic acids is 1. The van der Waals surface area contributed by atoms with Crippen LogP contribution in [0.5, 0.6) is 0 Å². The van der Waals surface area contributed by atoms with Gasteiger partial charge < -0.3 is 43.9 Å². The Bertz CT molecular complexity index is 3140. The number of nitrogens with zero attached hydrogens (tertiary/aromatic N) is 5. The Kier molecular flexibility index (Phi) is 40.4. The number of thioether (sulfide) groups is 3. The number of rotatable bonds is 41. The Morgan fingerprint density at radius 1 is 0.624 bits per heavy atom. The SMILES string of the molecule is CC(CCc1ccccc1)C(=O)NCCC[N+](C)(C)CCCS(=O)(=O)O.C[N+](C)(CCCNC(=O)C(CCc1ccccc1)SC(=S)n1cccc1)CCCS(=O)(=O)O.[C-]#[N+]C(C)(CCC(=O)O)CC(C)(SC(=S)SCC)C(=O)NCCC[N+](C)(C)CCCS(=O)(=O)O. The highest BCUT2D eigenvalue weighted by Crippen LogP contribution is 2.40. The topological polar surface area (TPSA) is 297 Å². The Hall–Kier alpha value is -4.07. The Labute approximate surface area is 579 Å². The molecule has 0 saturated heterocycles. The molecule has 2 aromatic carbocycles. The van der Waals surface area contributed by atoms with Crippen LogP contribution in [-0.2, 0) is 62.4 Å². The van der Waals surface area contributed by atoms with Gasteiger partial charge in [-0.15, -0.1) is 11.8 Å². The number of benzene rings is 2. The van der Waals surface area contributed by atoms with Gasteiger partial charge in [0.1, 0.15) is 12.6 Å². The largest absolute Gasteiger partial charge is 0.481 e. The molecule has 7 N–H and O–H groups in total. The van der Waals surface area contributed by atoms with Crippen molar-refractivity contribution in [2.24, 2.45) is 5.92 Å². The molecular weight excluding hydrogens is 1350 g/mol. The zero-order valence-corrected chi connectivity index (χ0v) is 62.5. The average Bonchev–Trinajstić information content (AvgIpc) is 1.18. The summed E-state index contributed by atoms with van der Waals surface area (Å²) in [7, 11) is 0.194. The molecule has 526 valence electrons. The number of aromatic nitrogens is 1. The first-order chi connectivity index (χ1) is 43.1. The highest BCUT2D eigenvalue weighted by atomic mass is 32.2. The normalized spacial score (nSPS) is 14.0. The van der Waals surface area contributed by atoms with E-state index in [1.165, 1.54) is 46.4 Å². The van der Waals surface area contributed by atoms with E-state index in [1.807, 2.05) is 122 Å². The number of carbonyl (C=O) groups is 4. The van der Waals surface area contributed by atoms with E-state index in [-0.39, 0.29) is 65.4 Å². The number of nitrogens with one attached hydrogen (secondary N) is 3. The smallest absolute Gasteiger partial charge is 0.303 e. The van der Waals surface area contributed by atoms with Crippen molar-refractivity contribution in [2.75, 3.05) is 124 Å². The molecule has 22 nitrogen and oxygen atoms in total. The van der Waals surface area contributed by atoms with Gasteiger partial charge in [0.25, 0.3) is 30.4 Å². The molecule has 4 atom stereocenters. The zero-order valence-electron chi connectivity index (χ0n) is 56.0. The number of amides is 3. The van der Waals surface area contributed by atoms with E-state index < -0.39 is 46.6 Å². The number of carboxylic acid groups (broad SMARTS) is 1. The molecule has 0 bridgehead atoms. The van der Waals surface area contributed by atoms with Crippen molar-refractivity contribution >= 4 is 122 Å². The summed E-state index contributed by atoms with van der Waals surface area (Å²) in [6.45, 7) is 20.7. The predicted molar refractivity (Wildman–Crippen MR) is 387 cm³/mol. The third-order valence-electron chi connectivity index (χ3n) is 15.2. The minimum absolute atomic E-state index is 0.0209. The van der Waals surface area contributed by atoms with Gasteiger partial charge in [0, 0.05) is 96.2 Å². The van der Waals surface area contributed by atoms with Gasteiger partial charge in [0.15, 0.2) is 0 Å². The summed E-state index contributed by atoms with van der Waals surface area (Å²) in [5.41, 5.74) is 1.42. The highest BCUT2D eigenvalue weighted by Gasteiger charge is 2.46. The predicted octanol–water partition coefficient (Wildman–Crippen LogP) is 8.64. The van der Waals surface area contributed by atoms with Crippen LogP contribution in [0, 0.1) is 12.5 Å². The lowest BCUT2D eigenvalue weighted by Crippen LogP contribution is -2.48. The highest BCUT2D eigenvalue weighted by molar-refractivity contribution is 8.47. The van der Waals surface area contributed by atoms with Gasteiger partial charge in [-0.2, -0.15) is 25.3 Å². The summed E-state index contributed by atoms with van der Waals surface area (Å²) in [4.78, 5) is 53.1. The first-order valence-corrected chi connectivity index (χ1v) is 39.5. The molecule has 3 amide bonds. The molecule has 0 fully saturated rings. The first-order valence-electron chi connectivity index (χ1n) is 31.2. The maximum atomic E-state index is 13.2. The molecule has 1 aromatic heterocycles. The van der Waals surface area contributed by atoms with E-state index in [0.717, 1.165) is 50.9 Å². The van der Waals surface area contributed by atoms with Gasteiger partial charge in [-0.05, 0) is 61.6 Å². The monoisotopic (exact) mass is 1450 g/mol. The van der Waals surface area contributed by atoms with Gasteiger partial charge in [-0.3, -0.25) is 32.8 Å². The fourth-order valence-electron chi connectivity index (χ4n) is 9.75. The molecule has 30 heteroatoms. The van der Waals surface area contributed by atoms with Crippen molar-refractivity contribution in [1.29, 1.82) is 0 Å². The van der Waals surface area contributed by atoms with E-state index in [0.29, 0.717) is 99.2 Å². The molecule has 1 heterocycles. The first kappa shape index (κ1) is 86.9. The summed E-state index contributed by atoms with van der Waals surface area (Å²) in [6, 6.07) is 24.1. The molecular formula is C63H105N8O14S8+3. The van der Waals surface area contributed by atoms with Crippen molar-refractivity contribution in [3.63, 3.8) is 0 Å². The second kappa shape index (κ2) is 43.3. The van der Waals surface area contributed by atoms with Crippen LogP contribution in [0.1, 0.15) is 109 Å². The number of quaternary nitrogens is 3. The molecule has 3 aromatic rings. The van der Waals surface area contributed by atoms with Gasteiger partial charge in [-0.25, -0.2) is 6.57 Å². The van der Waals surface area contributed by atoms with Crippen LogP contribution in [0.15, 0.2) is 85.2 Å². The summed E-state index contributed by atoms with van der Waals surface area (Å²) < 4.78 is 95.5. The third kappa shape index (κ3) is 43.7. The number of carbonyl (C=O) groups excluding carboxylic acids is 3. The van der Waals surface area contributed by atoms with Gasteiger partial charge in [0.05, 0.1) is 110 Å². The average molecular weight is 1460 g/mol. The van der Waals surface area contributed by atoms with Crippen LogP contribution in [0.2, 0.25) is 0 Å². The number of thiocarbonyl (C=S) groups is 2. The maximum Gasteiger partial charge on any atom is 0.303 e. The number of hydrogen-bond donors (Lipinski definition) is 7. The number of carboxylic acids is 1. The lowest BCUT2D eigenvalue weighted by molar-refractivity contribution is -0.890. The number of hydrogen-bond acceptors (Lipinski definition) is 15. The quantitative estimate of drug-likeness (QED) is 0.00919. The molecule has 93 heavy (non-hydrogen) atoms. The zero-order chi connectivity index (χ0) is 70.6. The lowest BCUT2D eigenvalue weighted by Gasteiger charge is -2.32. The summed E-state index contributed by atoms with van der Waals surface area (Å²) in [5, 5.41) is 17.7. The molecule has 3 rings (SSSR count). The molecule has 0 spiro atoms. The standard InChI is InChI=1S/C23H33N3O4S3.C21H37N3O6S4.C19H32N2O4S/c1-26(2,18-9-19-33(28,29)30)17-8-14-24-22(27)21(13-12-20-10-4-3-5-11-20)32-23(31)25-15-6-7-16-25;1-7-32-19(31)33-21(3,16-20(2,22-4)11-10-17(25)26)18(27)23-12-8-13-24(5,6)14-9-15-34(28,29)30;1-17(11-12-18-9-5-4-6-10-18)19(22)20-13-7-14-21(2,3)15-8-16-26(23,24)25/h3-7,10-11,15-16,21H,8-9,12-14,17-19H2,1-2H3,(H-,24,27,28,29,30);7-16H2,1-3,5-6H3,(H2-,23,25,26,27,28,29,30);4-6,9-10,17H,7-8,11-16H2,1-3H3,(H-,20,22,23,24,25)/p+3. The third-order valence-corrected chi connectivity index (χ3v) is 21.9. The number of aryl methyl sites for hydroxylation is 2. The van der Waals surface area contributed by atoms with Crippen molar-refractivity contribution in [3.05, 3.63) is 108 Å². The van der Waals surface area contributed by atoms with Crippen LogP contribution in [0.3, 0.4) is 0 Å². The molecule has 0 radical (unpaired) electrons. The van der Waals surface area contributed by atoms with Crippen molar-refractivity contribution in [3.8, 4) is 0 Å². The van der Waals surface area contributed by atoms with Gasteiger partial charge in [0.2, 0.25) is 23.3 Å². The van der Waals surface area contributed by atoms with E-state index in [2.05, 4.69) is 45.1 Å². The maximum absolute atomic E-state index is 13.2. The molecule has 0 aliphatic heterocycles. The molecule has 0 aliphatic carbocycles. The molecule has 4 unspecified atom stereocenters. The van der Waals surface area contributed by atoms with E-state index in [4.69, 9.17) is 49.8 Å². The van der Waals surface area contributed by atoms with Crippen LogP contribution >= 0.6 is 59.7 Å². The Morgan fingerprint density at radius 3 is 1.42 bits per heavy atom. The minimum Gasteiger partial charge on any atom is -0.481 e. The van der Waals surface area contributed by atoms with Crippen LogP contribution in [0.4, 0.5) is 0 Å². The fraction of sp³-hybridized carbons (Fsp3) is 0.635. The van der Waals surface area contributed by atoms with Crippen LogP contribution in [-0.4, -0.2) is 233 Å². The minimum atomic E-state index is -3.98. The Morgan fingerprint density at radius 2 is 1.02 bits per heavy atom. The summed E-state index contributed by atoms with van der Waals surface area (Å²) in [5.74, 6) is -1.16. The second-order valence-electron chi connectivity index (χ2n) is 25.6. The van der Waals surface area contributed by atoms with E-state index in [1.54, 1.807) is 13.8 Å². The van der Waals surface area contributed by atoms with E-state index >= 15 is 0 Å². The lowest BCUT2D eigenvalue weighted by atomic mass is 9.85.